The SMILES string of the molecule is O=C(Cn1cc(S(=O)(=O)N2CCCC2)ccc1=O)NC12CC3CC(CC(C3)C1)C2. The predicted molar refractivity (Wildman–Crippen MR) is 108 cm³/mol. The first-order valence-corrected chi connectivity index (χ1v) is 12.3. The van der Waals surface area contributed by atoms with Gasteiger partial charge in [0.05, 0.1) is 4.90 Å². The molecule has 0 radical (unpaired) electrons. The van der Waals surface area contributed by atoms with Gasteiger partial charge >= 0.3 is 0 Å². The molecule has 5 fully saturated rings. The van der Waals surface area contributed by atoms with Gasteiger partial charge in [-0.05, 0) is 75.2 Å². The van der Waals surface area contributed by atoms with Crippen molar-refractivity contribution >= 4 is 15.9 Å². The Morgan fingerprint density at radius 1 is 1.03 bits per heavy atom. The highest BCUT2D eigenvalue weighted by atomic mass is 32.2. The van der Waals surface area contributed by atoms with Crippen LogP contribution in [0.3, 0.4) is 0 Å². The average Bonchev–Trinajstić information content (AvgIpc) is 3.17. The zero-order valence-electron chi connectivity index (χ0n) is 16.7. The van der Waals surface area contributed by atoms with Crippen LogP contribution in [-0.4, -0.2) is 41.8 Å². The van der Waals surface area contributed by atoms with E-state index in [1.54, 1.807) is 0 Å². The molecule has 1 N–H and O–H groups in total. The summed E-state index contributed by atoms with van der Waals surface area (Å²) in [5.41, 5.74) is -0.472. The van der Waals surface area contributed by atoms with Crippen LogP contribution in [0.2, 0.25) is 0 Å². The molecule has 6 rings (SSSR count). The number of nitrogens with zero attached hydrogens (tertiary/aromatic N) is 2. The monoisotopic (exact) mass is 419 g/mol. The largest absolute Gasteiger partial charge is 0.349 e. The van der Waals surface area contributed by atoms with Crippen molar-refractivity contribution in [2.75, 3.05) is 13.1 Å². The topological polar surface area (TPSA) is 88.5 Å². The summed E-state index contributed by atoms with van der Waals surface area (Å²) in [7, 11) is -3.62. The van der Waals surface area contributed by atoms with Gasteiger partial charge in [-0.15, -0.1) is 0 Å². The molecule has 2 heterocycles. The summed E-state index contributed by atoms with van der Waals surface area (Å²) in [5, 5.41) is 3.26. The van der Waals surface area contributed by atoms with Crippen molar-refractivity contribution in [3.63, 3.8) is 0 Å². The van der Waals surface area contributed by atoms with Gasteiger partial charge in [-0.3, -0.25) is 9.59 Å². The van der Waals surface area contributed by atoms with Gasteiger partial charge in [0.1, 0.15) is 6.54 Å². The van der Waals surface area contributed by atoms with Crippen LogP contribution in [0.4, 0.5) is 0 Å². The first-order valence-electron chi connectivity index (χ1n) is 10.8. The van der Waals surface area contributed by atoms with Crippen LogP contribution in [0.15, 0.2) is 28.0 Å². The van der Waals surface area contributed by atoms with Crippen molar-refractivity contribution in [1.29, 1.82) is 0 Å². The number of rotatable bonds is 5. The van der Waals surface area contributed by atoms with Crippen LogP contribution in [-0.2, 0) is 21.4 Å². The molecule has 4 saturated carbocycles. The average molecular weight is 420 g/mol. The summed E-state index contributed by atoms with van der Waals surface area (Å²) in [4.78, 5) is 25.2. The molecule has 1 aromatic heterocycles. The molecular formula is C21H29N3O4S. The molecule has 1 saturated heterocycles. The predicted octanol–water partition coefficient (Wildman–Crippen LogP) is 1.72. The number of aromatic nitrogens is 1. The molecule has 4 aliphatic carbocycles. The third-order valence-electron chi connectivity index (χ3n) is 7.42. The third kappa shape index (κ3) is 3.54. The van der Waals surface area contributed by atoms with Crippen molar-refractivity contribution in [2.24, 2.45) is 17.8 Å². The zero-order valence-corrected chi connectivity index (χ0v) is 17.5. The zero-order chi connectivity index (χ0) is 20.2. The maximum atomic E-state index is 12.8. The van der Waals surface area contributed by atoms with Gasteiger partial charge in [0.25, 0.3) is 5.56 Å². The summed E-state index contributed by atoms with van der Waals surface area (Å²) >= 11 is 0. The minimum Gasteiger partial charge on any atom is -0.349 e. The van der Waals surface area contributed by atoms with E-state index in [2.05, 4.69) is 5.32 Å². The van der Waals surface area contributed by atoms with E-state index in [0.717, 1.165) is 49.9 Å². The van der Waals surface area contributed by atoms with Crippen LogP contribution in [0.25, 0.3) is 0 Å². The number of hydrogen-bond donors (Lipinski definition) is 1. The molecule has 5 aliphatic rings. The van der Waals surface area contributed by atoms with Crippen molar-refractivity contribution in [3.8, 4) is 0 Å². The van der Waals surface area contributed by atoms with E-state index in [9.17, 15) is 18.0 Å². The Morgan fingerprint density at radius 3 is 2.21 bits per heavy atom. The Morgan fingerprint density at radius 2 is 1.62 bits per heavy atom. The second-order valence-corrected chi connectivity index (χ2v) is 11.6. The molecule has 1 amide bonds. The van der Waals surface area contributed by atoms with Crippen molar-refractivity contribution in [1.82, 2.24) is 14.2 Å². The highest BCUT2D eigenvalue weighted by Crippen LogP contribution is 2.55. The van der Waals surface area contributed by atoms with Crippen LogP contribution in [0, 0.1) is 17.8 Å². The van der Waals surface area contributed by atoms with Crippen LogP contribution in [0.5, 0.6) is 0 Å². The van der Waals surface area contributed by atoms with Gasteiger partial charge in [-0.2, -0.15) is 4.31 Å². The lowest BCUT2D eigenvalue weighted by atomic mass is 9.53. The summed E-state index contributed by atoms with van der Waals surface area (Å²) < 4.78 is 28.3. The van der Waals surface area contributed by atoms with Crippen LogP contribution >= 0.6 is 0 Å². The molecular weight excluding hydrogens is 390 g/mol. The maximum Gasteiger partial charge on any atom is 0.251 e. The minimum absolute atomic E-state index is 0.0848. The Hall–Kier alpha value is -1.67. The lowest BCUT2D eigenvalue weighted by Gasteiger charge is -2.56. The van der Waals surface area contributed by atoms with E-state index >= 15 is 0 Å². The quantitative estimate of drug-likeness (QED) is 0.787. The Labute approximate surface area is 171 Å². The molecule has 0 atom stereocenters. The van der Waals surface area contributed by atoms with Gasteiger partial charge < -0.3 is 9.88 Å². The lowest BCUT2D eigenvalue weighted by molar-refractivity contribution is -0.127. The van der Waals surface area contributed by atoms with Gasteiger partial charge in [0.15, 0.2) is 0 Å². The molecule has 29 heavy (non-hydrogen) atoms. The highest BCUT2D eigenvalue weighted by molar-refractivity contribution is 7.89. The molecule has 158 valence electrons. The number of pyridine rings is 1. The minimum atomic E-state index is -3.62. The second kappa shape index (κ2) is 6.94. The van der Waals surface area contributed by atoms with Crippen LogP contribution in [0.1, 0.15) is 51.4 Å². The number of hydrogen-bond acceptors (Lipinski definition) is 4. The van der Waals surface area contributed by atoms with Gasteiger partial charge in [0, 0.05) is 30.9 Å². The highest BCUT2D eigenvalue weighted by Gasteiger charge is 2.51. The normalized spacial score (nSPS) is 33.9. The molecule has 8 heteroatoms. The van der Waals surface area contributed by atoms with Crippen molar-refractivity contribution in [2.45, 2.75) is 68.3 Å². The Bertz CT molecular complexity index is 943. The molecule has 7 nitrogen and oxygen atoms in total. The Balaban J connectivity index is 1.33. The fourth-order valence-electron chi connectivity index (χ4n) is 6.62. The molecule has 4 bridgehead atoms. The van der Waals surface area contributed by atoms with E-state index in [4.69, 9.17) is 0 Å². The summed E-state index contributed by atoms with van der Waals surface area (Å²) in [5.74, 6) is 1.97. The van der Waals surface area contributed by atoms with E-state index in [0.29, 0.717) is 13.1 Å². The molecule has 0 unspecified atom stereocenters. The number of sulfonamides is 1. The summed E-state index contributed by atoms with van der Waals surface area (Å²) in [6, 6.07) is 2.60. The van der Waals surface area contributed by atoms with E-state index in [-0.39, 0.29) is 28.4 Å². The van der Waals surface area contributed by atoms with E-state index in [1.807, 2.05) is 0 Å². The Kier molecular flexibility index (Phi) is 4.62. The number of carbonyl (C=O) groups excluding carboxylic acids is 1. The number of carbonyl (C=O) groups is 1. The second-order valence-electron chi connectivity index (χ2n) is 9.69. The first kappa shape index (κ1) is 19.3. The van der Waals surface area contributed by atoms with Gasteiger partial charge in [-0.1, -0.05) is 0 Å². The number of nitrogens with one attached hydrogen (secondary N) is 1. The van der Waals surface area contributed by atoms with Crippen molar-refractivity contribution < 1.29 is 13.2 Å². The van der Waals surface area contributed by atoms with Crippen molar-refractivity contribution in [3.05, 3.63) is 28.7 Å². The molecule has 1 aliphatic heterocycles. The third-order valence-corrected chi connectivity index (χ3v) is 9.30. The molecule has 1 aromatic rings. The van der Waals surface area contributed by atoms with Crippen LogP contribution < -0.4 is 10.9 Å². The summed E-state index contributed by atoms with van der Waals surface area (Å²) in [6.07, 6.45) is 10.1. The van der Waals surface area contributed by atoms with Gasteiger partial charge in [0.2, 0.25) is 15.9 Å². The van der Waals surface area contributed by atoms with Gasteiger partial charge in [-0.25, -0.2) is 8.42 Å². The van der Waals surface area contributed by atoms with E-state index in [1.165, 1.54) is 46.5 Å². The maximum absolute atomic E-state index is 12.8. The standard InChI is InChI=1S/C21H29N3O4S/c25-19(22-21-10-15-7-16(11-21)9-17(8-15)12-21)14-23-13-18(3-4-20(23)26)29(27,28)24-5-1-2-6-24/h3-4,13,15-17H,1-2,5-12,14H2,(H,22,25). The fourth-order valence-corrected chi connectivity index (χ4v) is 8.15. The smallest absolute Gasteiger partial charge is 0.251 e. The summed E-state index contributed by atoms with van der Waals surface area (Å²) in [6.45, 7) is 0.881. The van der Waals surface area contributed by atoms with E-state index < -0.39 is 10.0 Å². The molecule has 0 spiro atoms. The first-order chi connectivity index (χ1) is 13.8. The lowest BCUT2D eigenvalue weighted by Crippen LogP contribution is -2.60. The molecule has 0 aromatic carbocycles. The number of amides is 1. The fraction of sp³-hybridized carbons (Fsp3) is 0.714.